The number of hydrogen-bond acceptors (Lipinski definition) is 1. The lowest BCUT2D eigenvalue weighted by Gasteiger charge is -2.06. The Morgan fingerprint density at radius 3 is 1.62 bits per heavy atom. The molecule has 0 N–H and O–H groups in total. The van der Waals surface area contributed by atoms with Gasteiger partial charge in [0.2, 0.25) is 0 Å². The van der Waals surface area contributed by atoms with Crippen molar-refractivity contribution in [2.24, 2.45) is 0 Å². The highest BCUT2D eigenvalue weighted by molar-refractivity contribution is 9.11. The summed E-state index contributed by atoms with van der Waals surface area (Å²) in [7, 11) is 0. The molecule has 0 bridgehead atoms. The largest absolute Gasteiger partial charge is 0.377 e. The SMILES string of the molecule is O=P(Cl)(Cl)C(F)(F)Br. The number of rotatable bonds is 1. The van der Waals surface area contributed by atoms with Gasteiger partial charge in [0, 0.05) is 15.9 Å². The van der Waals surface area contributed by atoms with E-state index in [4.69, 9.17) is 0 Å². The quantitative estimate of drug-likeness (QED) is 0.511. The fourth-order valence-corrected chi connectivity index (χ4v) is 0. The van der Waals surface area contributed by atoms with Gasteiger partial charge in [-0.25, -0.2) is 0 Å². The van der Waals surface area contributed by atoms with E-state index in [1.54, 1.807) is 15.9 Å². The highest BCUT2D eigenvalue weighted by Crippen LogP contribution is 2.71. The number of halogens is 5. The fourth-order valence-electron chi connectivity index (χ4n) is 0. The molecule has 0 heterocycles. The zero-order chi connectivity index (χ0) is 7.00. The van der Waals surface area contributed by atoms with E-state index in [1.807, 2.05) is 0 Å². The topological polar surface area (TPSA) is 17.1 Å². The summed E-state index contributed by atoms with van der Waals surface area (Å²) < 4.78 is 29.5. The van der Waals surface area contributed by atoms with Crippen molar-refractivity contribution in [3.8, 4) is 0 Å². The highest BCUT2D eigenvalue weighted by atomic mass is 79.9. The summed E-state index contributed by atoms with van der Waals surface area (Å²) in [6.45, 7) is 0. The molecule has 0 rings (SSSR count). The Morgan fingerprint density at radius 2 is 1.62 bits per heavy atom. The van der Waals surface area contributed by atoms with E-state index in [2.05, 4.69) is 22.5 Å². The first kappa shape index (κ1) is 9.15. The maximum absolute atomic E-state index is 11.6. The van der Waals surface area contributed by atoms with Gasteiger partial charge in [0.05, 0.1) is 0 Å². The second-order valence-corrected chi connectivity index (χ2v) is 7.40. The minimum Gasteiger partial charge on any atom is -0.282 e. The summed E-state index contributed by atoms with van der Waals surface area (Å²) in [5.41, 5.74) is 0. The molecule has 0 aliphatic carbocycles. The zero-order valence-electron chi connectivity index (χ0n) is 3.25. The molecule has 50 valence electrons. The second-order valence-electron chi connectivity index (χ2n) is 0.930. The van der Waals surface area contributed by atoms with Crippen molar-refractivity contribution in [1.82, 2.24) is 0 Å². The smallest absolute Gasteiger partial charge is 0.282 e. The normalized spacial score (nSPS) is 14.1. The lowest BCUT2D eigenvalue weighted by atomic mass is 11.7. The average Bonchev–Trinajstić information content (AvgIpc) is 1.25. The first-order chi connectivity index (χ1) is 3.25. The average molecular weight is 248 g/mol. The molecule has 0 aromatic heterocycles. The van der Waals surface area contributed by atoms with Crippen molar-refractivity contribution >= 4 is 44.3 Å². The zero-order valence-corrected chi connectivity index (χ0v) is 7.24. The Kier molecular flexibility index (Phi) is 2.76. The van der Waals surface area contributed by atoms with Crippen LogP contribution in [0.4, 0.5) is 8.78 Å². The lowest BCUT2D eigenvalue weighted by Crippen LogP contribution is -1.96. The molecule has 0 aromatic rings. The highest BCUT2D eigenvalue weighted by Gasteiger charge is 2.45. The van der Waals surface area contributed by atoms with Gasteiger partial charge in [-0.2, -0.15) is 8.78 Å². The third kappa shape index (κ3) is 2.62. The third-order valence-electron chi connectivity index (χ3n) is 0.295. The first-order valence-electron chi connectivity index (χ1n) is 1.31. The molecule has 0 aromatic carbocycles. The molecule has 0 saturated carbocycles. The Bertz CT molecular complexity index is 126. The van der Waals surface area contributed by atoms with Gasteiger partial charge in [-0.3, -0.25) is 4.57 Å². The minimum absolute atomic E-state index is 1.74. The molecule has 0 aliphatic heterocycles. The van der Waals surface area contributed by atoms with Crippen LogP contribution in [0.2, 0.25) is 0 Å². The molecular formula is CBrCl2F2OP. The Hall–Kier alpha value is 1.15. The van der Waals surface area contributed by atoms with Crippen LogP contribution in [0.25, 0.3) is 0 Å². The number of alkyl halides is 3. The molecule has 0 saturated heterocycles. The second kappa shape index (κ2) is 2.41. The van der Waals surface area contributed by atoms with Crippen LogP contribution in [-0.4, -0.2) is 4.57 Å². The lowest BCUT2D eigenvalue weighted by molar-refractivity contribution is 0.208. The van der Waals surface area contributed by atoms with Crippen molar-refractivity contribution in [3.63, 3.8) is 0 Å². The maximum Gasteiger partial charge on any atom is 0.377 e. The predicted molar refractivity (Wildman–Crippen MR) is 33.2 cm³/mol. The van der Waals surface area contributed by atoms with E-state index in [0.717, 1.165) is 0 Å². The van der Waals surface area contributed by atoms with Gasteiger partial charge in [0.1, 0.15) is 0 Å². The summed E-state index contributed by atoms with van der Waals surface area (Å²) >= 11 is 10.8. The molecule has 0 unspecified atom stereocenters. The van der Waals surface area contributed by atoms with Gasteiger partial charge < -0.3 is 0 Å². The van der Waals surface area contributed by atoms with Gasteiger partial charge in [0.15, 0.2) is 0 Å². The Morgan fingerprint density at radius 1 is 1.50 bits per heavy atom. The van der Waals surface area contributed by atoms with Gasteiger partial charge >= 0.3 is 10.4 Å². The van der Waals surface area contributed by atoms with E-state index in [9.17, 15) is 13.3 Å². The van der Waals surface area contributed by atoms with Crippen LogP contribution in [0, 0.1) is 0 Å². The van der Waals surface area contributed by atoms with Crippen LogP contribution < -0.4 is 0 Å². The van der Waals surface area contributed by atoms with E-state index in [0.29, 0.717) is 0 Å². The van der Waals surface area contributed by atoms with Crippen molar-refractivity contribution in [1.29, 1.82) is 0 Å². The summed E-state index contributed by atoms with van der Waals surface area (Å²) in [5.74, 6) is -4.32. The van der Waals surface area contributed by atoms with Gasteiger partial charge in [-0.1, -0.05) is 0 Å². The molecular weight excluding hydrogens is 248 g/mol. The molecule has 0 amide bonds. The predicted octanol–water partition coefficient (Wildman–Crippen LogP) is 3.60. The van der Waals surface area contributed by atoms with Crippen LogP contribution in [0.5, 0.6) is 0 Å². The van der Waals surface area contributed by atoms with Crippen molar-refractivity contribution in [2.45, 2.75) is 4.57 Å². The van der Waals surface area contributed by atoms with Crippen LogP contribution >= 0.6 is 44.3 Å². The van der Waals surface area contributed by atoms with Crippen LogP contribution in [0.1, 0.15) is 0 Å². The fraction of sp³-hybridized carbons (Fsp3) is 1.00. The van der Waals surface area contributed by atoms with Gasteiger partial charge in [-0.05, 0) is 22.5 Å². The molecule has 0 fully saturated rings. The molecule has 7 heteroatoms. The summed E-state index contributed by atoms with van der Waals surface area (Å²) in [4.78, 5) is 0. The third-order valence-corrected chi connectivity index (χ3v) is 4.88. The van der Waals surface area contributed by atoms with Gasteiger partial charge in [-0.15, -0.1) is 0 Å². The van der Waals surface area contributed by atoms with Crippen molar-refractivity contribution in [3.05, 3.63) is 0 Å². The molecule has 8 heavy (non-hydrogen) atoms. The minimum atomic E-state index is -4.32. The van der Waals surface area contributed by atoms with Crippen LogP contribution in [-0.2, 0) is 4.57 Å². The van der Waals surface area contributed by atoms with Gasteiger partial charge in [0.25, 0.3) is 0 Å². The van der Waals surface area contributed by atoms with Crippen LogP contribution in [0.3, 0.4) is 0 Å². The van der Waals surface area contributed by atoms with E-state index in [1.165, 1.54) is 0 Å². The molecule has 1 nitrogen and oxygen atoms in total. The summed E-state index contributed by atoms with van der Waals surface area (Å²) in [6, 6.07) is 0. The van der Waals surface area contributed by atoms with E-state index < -0.39 is 10.4 Å². The summed E-state index contributed by atoms with van der Waals surface area (Å²) in [6.07, 6.45) is 0. The van der Waals surface area contributed by atoms with Crippen molar-refractivity contribution < 1.29 is 13.3 Å². The molecule has 0 spiro atoms. The Labute approximate surface area is 62.4 Å². The van der Waals surface area contributed by atoms with Crippen molar-refractivity contribution in [2.75, 3.05) is 0 Å². The molecule has 0 radical (unpaired) electrons. The standard InChI is InChI=1S/CBrCl2F2OP/c2-1(5,6)8(3,4)7. The first-order valence-corrected chi connectivity index (χ1v) is 5.62. The number of hydrogen-bond donors (Lipinski definition) is 0. The Balaban J connectivity index is 4.26. The van der Waals surface area contributed by atoms with E-state index >= 15 is 0 Å². The molecule has 0 aliphatic rings. The van der Waals surface area contributed by atoms with E-state index in [-0.39, 0.29) is 0 Å². The summed E-state index contributed by atoms with van der Waals surface area (Å²) in [5, 5.41) is 0. The monoisotopic (exact) mass is 246 g/mol. The maximum atomic E-state index is 11.6. The molecule has 0 atom stereocenters. The van der Waals surface area contributed by atoms with Crippen LogP contribution in [0.15, 0.2) is 0 Å².